The third-order valence-corrected chi connectivity index (χ3v) is 5.26. The van der Waals surface area contributed by atoms with Crippen LogP contribution in [0.1, 0.15) is 25.1 Å². The third kappa shape index (κ3) is 5.54. The van der Waals surface area contributed by atoms with E-state index in [1.54, 1.807) is 13.4 Å². The highest BCUT2D eigenvalue weighted by Crippen LogP contribution is 2.25. The van der Waals surface area contributed by atoms with Gasteiger partial charge in [-0.05, 0) is 42.8 Å². The van der Waals surface area contributed by atoms with Gasteiger partial charge in [-0.1, -0.05) is 6.92 Å². The van der Waals surface area contributed by atoms with Crippen molar-refractivity contribution in [2.75, 3.05) is 51.3 Å². The zero-order valence-corrected chi connectivity index (χ0v) is 17.6. The standard InChI is InChI=1S/C22H30N4O4/c1-3-10-23-21(27)22(28)24-16-19(20-5-4-15-30-20)26-13-11-25(12-14-26)17-6-8-18(29-2)9-7-17/h4-9,15,19H,3,10-14,16H2,1-2H3,(H,23,27)(H,24,28)/t19-/m1/s1. The Morgan fingerprint density at radius 2 is 1.77 bits per heavy atom. The molecule has 162 valence electrons. The number of hydrogen-bond donors (Lipinski definition) is 2. The molecule has 1 aromatic carbocycles. The molecule has 1 aliphatic rings. The summed E-state index contributed by atoms with van der Waals surface area (Å²) in [5.41, 5.74) is 1.16. The number of hydrogen-bond acceptors (Lipinski definition) is 6. The summed E-state index contributed by atoms with van der Waals surface area (Å²) in [5.74, 6) is 0.410. The number of furan rings is 1. The first kappa shape index (κ1) is 21.7. The lowest BCUT2D eigenvalue weighted by Gasteiger charge is -2.39. The van der Waals surface area contributed by atoms with Crippen molar-refractivity contribution in [1.82, 2.24) is 15.5 Å². The Bertz CT molecular complexity index is 799. The average molecular weight is 415 g/mol. The van der Waals surface area contributed by atoms with E-state index < -0.39 is 11.8 Å². The van der Waals surface area contributed by atoms with Crippen LogP contribution < -0.4 is 20.3 Å². The molecule has 1 aromatic heterocycles. The highest BCUT2D eigenvalue weighted by molar-refractivity contribution is 6.35. The number of nitrogens with one attached hydrogen (secondary N) is 2. The van der Waals surface area contributed by atoms with Gasteiger partial charge in [0.2, 0.25) is 0 Å². The number of carbonyl (C=O) groups is 2. The molecule has 3 rings (SSSR count). The molecule has 0 spiro atoms. The summed E-state index contributed by atoms with van der Waals surface area (Å²) in [6.45, 7) is 6.08. The molecular weight excluding hydrogens is 384 g/mol. The summed E-state index contributed by atoms with van der Waals surface area (Å²) < 4.78 is 10.9. The van der Waals surface area contributed by atoms with Crippen molar-refractivity contribution >= 4 is 17.5 Å². The first-order valence-electron chi connectivity index (χ1n) is 10.3. The maximum atomic E-state index is 12.1. The Hall–Kier alpha value is -3.00. The molecule has 8 heteroatoms. The van der Waals surface area contributed by atoms with Gasteiger partial charge in [-0.2, -0.15) is 0 Å². The minimum Gasteiger partial charge on any atom is -0.497 e. The van der Waals surface area contributed by atoms with Crippen LogP contribution in [0.25, 0.3) is 0 Å². The summed E-state index contributed by atoms with van der Waals surface area (Å²) in [6, 6.07) is 11.7. The lowest BCUT2D eigenvalue weighted by atomic mass is 10.1. The second-order valence-corrected chi connectivity index (χ2v) is 7.22. The van der Waals surface area contributed by atoms with Crippen LogP contribution in [0.3, 0.4) is 0 Å². The van der Waals surface area contributed by atoms with Crippen molar-refractivity contribution in [1.29, 1.82) is 0 Å². The van der Waals surface area contributed by atoms with Crippen molar-refractivity contribution in [3.63, 3.8) is 0 Å². The van der Waals surface area contributed by atoms with Crippen LogP contribution in [-0.4, -0.2) is 63.1 Å². The molecule has 30 heavy (non-hydrogen) atoms. The SMILES string of the molecule is CCCNC(=O)C(=O)NC[C@H](c1ccco1)N1CCN(c2ccc(OC)cc2)CC1. The largest absolute Gasteiger partial charge is 0.497 e. The van der Waals surface area contributed by atoms with Gasteiger partial charge in [0.15, 0.2) is 0 Å². The number of amides is 2. The predicted octanol–water partition coefficient (Wildman–Crippen LogP) is 1.79. The Balaban J connectivity index is 1.58. The molecule has 0 radical (unpaired) electrons. The lowest BCUT2D eigenvalue weighted by Crippen LogP contribution is -2.50. The van der Waals surface area contributed by atoms with E-state index in [1.807, 2.05) is 31.2 Å². The second-order valence-electron chi connectivity index (χ2n) is 7.22. The molecule has 0 bridgehead atoms. The molecule has 2 heterocycles. The molecule has 1 aliphatic heterocycles. The molecular formula is C22H30N4O4. The third-order valence-electron chi connectivity index (χ3n) is 5.26. The van der Waals surface area contributed by atoms with Crippen LogP contribution in [-0.2, 0) is 9.59 Å². The number of nitrogens with zero attached hydrogens (tertiary/aromatic N) is 2. The first-order valence-corrected chi connectivity index (χ1v) is 10.3. The van der Waals surface area contributed by atoms with Gasteiger partial charge in [0.05, 0.1) is 19.4 Å². The molecule has 1 saturated heterocycles. The van der Waals surface area contributed by atoms with Gasteiger partial charge in [0.25, 0.3) is 0 Å². The summed E-state index contributed by atoms with van der Waals surface area (Å²) in [5, 5.41) is 5.35. The van der Waals surface area contributed by atoms with Gasteiger partial charge >= 0.3 is 11.8 Å². The molecule has 2 aromatic rings. The van der Waals surface area contributed by atoms with E-state index in [2.05, 4.69) is 32.6 Å². The van der Waals surface area contributed by atoms with E-state index in [1.165, 1.54) is 0 Å². The summed E-state index contributed by atoms with van der Waals surface area (Å²) in [6.07, 6.45) is 2.41. The zero-order chi connectivity index (χ0) is 21.3. The summed E-state index contributed by atoms with van der Waals surface area (Å²) >= 11 is 0. The average Bonchev–Trinajstić information content (AvgIpc) is 3.32. The minimum atomic E-state index is -0.614. The molecule has 8 nitrogen and oxygen atoms in total. The number of ether oxygens (including phenoxy) is 1. The van der Waals surface area contributed by atoms with Crippen molar-refractivity contribution in [2.45, 2.75) is 19.4 Å². The smallest absolute Gasteiger partial charge is 0.309 e. The summed E-state index contributed by atoms with van der Waals surface area (Å²) in [7, 11) is 1.66. The highest BCUT2D eigenvalue weighted by atomic mass is 16.5. The van der Waals surface area contributed by atoms with Gasteiger partial charge in [0, 0.05) is 45.0 Å². The number of anilines is 1. The van der Waals surface area contributed by atoms with Crippen molar-refractivity contribution in [2.24, 2.45) is 0 Å². The van der Waals surface area contributed by atoms with Gasteiger partial charge in [-0.15, -0.1) is 0 Å². The van der Waals surface area contributed by atoms with E-state index >= 15 is 0 Å². The van der Waals surface area contributed by atoms with Gasteiger partial charge < -0.3 is 24.7 Å². The number of carbonyl (C=O) groups excluding carboxylic acids is 2. The topological polar surface area (TPSA) is 87.0 Å². The highest BCUT2D eigenvalue weighted by Gasteiger charge is 2.28. The number of benzene rings is 1. The first-order chi connectivity index (χ1) is 14.6. The molecule has 2 amide bonds. The maximum absolute atomic E-state index is 12.1. The molecule has 0 unspecified atom stereocenters. The Kier molecular flexibility index (Phi) is 7.73. The Morgan fingerprint density at radius 1 is 1.07 bits per heavy atom. The molecule has 2 N–H and O–H groups in total. The normalized spacial score (nSPS) is 15.5. The van der Waals surface area contributed by atoms with E-state index in [0.717, 1.165) is 49.8 Å². The molecule has 1 fully saturated rings. The number of rotatable bonds is 8. The fourth-order valence-corrected chi connectivity index (χ4v) is 3.56. The molecule has 0 saturated carbocycles. The quantitative estimate of drug-likeness (QED) is 0.641. The van der Waals surface area contributed by atoms with E-state index in [4.69, 9.17) is 9.15 Å². The van der Waals surface area contributed by atoms with E-state index in [-0.39, 0.29) is 6.04 Å². The molecule has 0 aliphatic carbocycles. The van der Waals surface area contributed by atoms with Crippen LogP contribution in [0.4, 0.5) is 5.69 Å². The Labute approximate surface area is 177 Å². The second kappa shape index (κ2) is 10.7. The van der Waals surface area contributed by atoms with Crippen LogP contribution in [0.15, 0.2) is 47.1 Å². The fraction of sp³-hybridized carbons (Fsp3) is 0.455. The van der Waals surface area contributed by atoms with Crippen molar-refractivity contribution in [3.8, 4) is 5.75 Å². The van der Waals surface area contributed by atoms with Gasteiger partial charge in [-0.3, -0.25) is 14.5 Å². The van der Waals surface area contributed by atoms with E-state index in [0.29, 0.717) is 13.1 Å². The fourth-order valence-electron chi connectivity index (χ4n) is 3.56. The van der Waals surface area contributed by atoms with Crippen LogP contribution >= 0.6 is 0 Å². The van der Waals surface area contributed by atoms with Crippen LogP contribution in [0.5, 0.6) is 5.75 Å². The summed E-state index contributed by atoms with van der Waals surface area (Å²) in [4.78, 5) is 28.6. The monoisotopic (exact) mass is 414 g/mol. The number of methoxy groups -OCH3 is 1. The van der Waals surface area contributed by atoms with Gasteiger partial charge in [-0.25, -0.2) is 0 Å². The van der Waals surface area contributed by atoms with E-state index in [9.17, 15) is 9.59 Å². The maximum Gasteiger partial charge on any atom is 0.309 e. The number of piperazine rings is 1. The van der Waals surface area contributed by atoms with Crippen LogP contribution in [0.2, 0.25) is 0 Å². The van der Waals surface area contributed by atoms with Crippen LogP contribution in [0, 0.1) is 0 Å². The zero-order valence-electron chi connectivity index (χ0n) is 17.6. The van der Waals surface area contributed by atoms with Crippen molar-refractivity contribution in [3.05, 3.63) is 48.4 Å². The predicted molar refractivity (Wildman–Crippen MR) is 115 cm³/mol. The Morgan fingerprint density at radius 3 is 2.37 bits per heavy atom. The van der Waals surface area contributed by atoms with Crippen molar-refractivity contribution < 1.29 is 18.7 Å². The van der Waals surface area contributed by atoms with Gasteiger partial charge in [0.1, 0.15) is 11.5 Å². The minimum absolute atomic E-state index is 0.124. The lowest BCUT2D eigenvalue weighted by molar-refractivity contribution is -0.139. The molecule has 1 atom stereocenters.